The predicted octanol–water partition coefficient (Wildman–Crippen LogP) is 1.38. The van der Waals surface area contributed by atoms with Crippen molar-refractivity contribution >= 4 is 17.0 Å². The van der Waals surface area contributed by atoms with Crippen LogP contribution in [-0.2, 0) is 17.9 Å². The van der Waals surface area contributed by atoms with Crippen molar-refractivity contribution in [2.75, 3.05) is 0 Å². The van der Waals surface area contributed by atoms with Crippen LogP contribution in [0.15, 0.2) is 24.8 Å². The molecule has 3 aromatic rings. The minimum Gasteiger partial charge on any atom is -0.480 e. The number of hydrogen-bond donors (Lipinski definition) is 1. The van der Waals surface area contributed by atoms with Crippen LogP contribution in [0, 0.1) is 13.8 Å². The van der Waals surface area contributed by atoms with Crippen molar-refractivity contribution in [2.45, 2.75) is 26.9 Å². The zero-order chi connectivity index (χ0) is 15.0. The molecule has 0 fully saturated rings. The summed E-state index contributed by atoms with van der Waals surface area (Å²) in [6.45, 7) is 4.29. The molecule has 7 nitrogen and oxygen atoms in total. The molecule has 0 bridgehead atoms. The molecule has 0 saturated heterocycles. The number of benzene rings is 1. The number of carbonyl (C=O) groups is 1. The predicted molar refractivity (Wildman–Crippen MR) is 76.0 cm³/mol. The van der Waals surface area contributed by atoms with Gasteiger partial charge in [0.1, 0.15) is 31.6 Å². The first-order chi connectivity index (χ1) is 10.0. The Morgan fingerprint density at radius 3 is 2.71 bits per heavy atom. The van der Waals surface area contributed by atoms with E-state index < -0.39 is 5.97 Å². The lowest BCUT2D eigenvalue weighted by Gasteiger charge is -2.07. The molecule has 3 rings (SSSR count). The molecule has 0 radical (unpaired) electrons. The molecular weight excluding hydrogens is 270 g/mol. The topological polar surface area (TPSA) is 85.8 Å². The summed E-state index contributed by atoms with van der Waals surface area (Å²) in [7, 11) is 0. The lowest BCUT2D eigenvalue weighted by atomic mass is 10.1. The van der Waals surface area contributed by atoms with Crippen LogP contribution in [0.25, 0.3) is 11.0 Å². The Balaban J connectivity index is 2.15. The number of carboxylic acids is 1. The van der Waals surface area contributed by atoms with Crippen LogP contribution < -0.4 is 0 Å². The number of nitrogens with zero attached hydrogens (tertiary/aromatic N) is 5. The lowest BCUT2D eigenvalue weighted by molar-refractivity contribution is -0.137. The Labute approximate surface area is 120 Å². The van der Waals surface area contributed by atoms with Crippen LogP contribution in [0.1, 0.15) is 17.0 Å². The number of hydrogen-bond acceptors (Lipinski definition) is 4. The second-order valence-electron chi connectivity index (χ2n) is 5.03. The van der Waals surface area contributed by atoms with E-state index in [1.165, 1.54) is 6.33 Å². The molecule has 0 aliphatic rings. The minimum absolute atomic E-state index is 0.122. The molecule has 1 aromatic carbocycles. The molecule has 7 heteroatoms. The maximum absolute atomic E-state index is 11.1. The van der Waals surface area contributed by atoms with Crippen molar-refractivity contribution in [3.8, 4) is 0 Å². The number of rotatable bonds is 4. The molecule has 0 saturated carbocycles. The first-order valence-electron chi connectivity index (χ1n) is 6.55. The van der Waals surface area contributed by atoms with Gasteiger partial charge in [0.25, 0.3) is 0 Å². The molecule has 0 aliphatic heterocycles. The van der Waals surface area contributed by atoms with Gasteiger partial charge in [-0.15, -0.1) is 0 Å². The van der Waals surface area contributed by atoms with Gasteiger partial charge in [0.15, 0.2) is 0 Å². The minimum atomic E-state index is -0.896. The summed E-state index contributed by atoms with van der Waals surface area (Å²) in [5.74, 6) is -0.240. The summed E-state index contributed by atoms with van der Waals surface area (Å²) in [5.41, 5.74) is 3.88. The SMILES string of the molecule is Cc1cc2nc(Cn3cncn3)n(CC(=O)O)c2cc1C. The fourth-order valence-electron chi connectivity index (χ4n) is 2.32. The van der Waals surface area contributed by atoms with Crippen LogP contribution in [-0.4, -0.2) is 35.4 Å². The third-order valence-electron chi connectivity index (χ3n) is 3.51. The van der Waals surface area contributed by atoms with E-state index in [9.17, 15) is 4.79 Å². The van der Waals surface area contributed by atoms with Crippen molar-refractivity contribution in [3.05, 3.63) is 41.7 Å². The zero-order valence-electron chi connectivity index (χ0n) is 11.8. The number of imidazole rings is 1. The third-order valence-corrected chi connectivity index (χ3v) is 3.51. The Hall–Kier alpha value is -2.70. The van der Waals surface area contributed by atoms with Crippen LogP contribution in [0.5, 0.6) is 0 Å². The summed E-state index contributed by atoms with van der Waals surface area (Å²) in [6.07, 6.45) is 3.03. The molecule has 1 N–H and O–H groups in total. The smallest absolute Gasteiger partial charge is 0.323 e. The third kappa shape index (κ3) is 2.49. The highest BCUT2D eigenvalue weighted by Crippen LogP contribution is 2.21. The molecule has 2 aromatic heterocycles. The van der Waals surface area contributed by atoms with Gasteiger partial charge < -0.3 is 9.67 Å². The first kappa shape index (κ1) is 13.3. The highest BCUT2D eigenvalue weighted by atomic mass is 16.4. The second-order valence-corrected chi connectivity index (χ2v) is 5.03. The Kier molecular flexibility index (Phi) is 3.17. The van der Waals surface area contributed by atoms with Crippen LogP contribution >= 0.6 is 0 Å². The second kappa shape index (κ2) is 5.01. The fraction of sp³-hybridized carbons (Fsp3) is 0.286. The maximum Gasteiger partial charge on any atom is 0.323 e. The Morgan fingerprint density at radius 2 is 2.05 bits per heavy atom. The fourth-order valence-corrected chi connectivity index (χ4v) is 2.32. The largest absolute Gasteiger partial charge is 0.480 e. The Morgan fingerprint density at radius 1 is 1.29 bits per heavy atom. The van der Waals surface area contributed by atoms with Crippen molar-refractivity contribution in [3.63, 3.8) is 0 Å². The summed E-state index contributed by atoms with van der Waals surface area (Å²) in [4.78, 5) is 19.6. The normalized spacial score (nSPS) is 11.1. The summed E-state index contributed by atoms with van der Waals surface area (Å²) >= 11 is 0. The summed E-state index contributed by atoms with van der Waals surface area (Å²) in [6, 6.07) is 3.96. The van der Waals surface area contributed by atoms with Gasteiger partial charge in [-0.1, -0.05) is 0 Å². The van der Waals surface area contributed by atoms with E-state index in [1.54, 1.807) is 15.6 Å². The molecule has 2 heterocycles. The van der Waals surface area contributed by atoms with E-state index in [4.69, 9.17) is 5.11 Å². The summed E-state index contributed by atoms with van der Waals surface area (Å²) < 4.78 is 3.34. The van der Waals surface area contributed by atoms with Crippen molar-refractivity contribution < 1.29 is 9.90 Å². The average molecular weight is 285 g/mol. The molecule has 108 valence electrons. The van der Waals surface area contributed by atoms with Crippen molar-refractivity contribution in [2.24, 2.45) is 0 Å². The molecule has 0 amide bonds. The average Bonchev–Trinajstić information content (AvgIpc) is 3.01. The number of aliphatic carboxylic acids is 1. The first-order valence-corrected chi connectivity index (χ1v) is 6.55. The van der Waals surface area contributed by atoms with Gasteiger partial charge in [-0.3, -0.25) is 4.79 Å². The zero-order valence-corrected chi connectivity index (χ0v) is 11.8. The van der Waals surface area contributed by atoms with E-state index in [2.05, 4.69) is 15.1 Å². The van der Waals surface area contributed by atoms with E-state index in [0.29, 0.717) is 12.4 Å². The number of fused-ring (bicyclic) bond motifs is 1. The van der Waals surface area contributed by atoms with Gasteiger partial charge in [-0.25, -0.2) is 14.6 Å². The molecule has 0 atom stereocenters. The molecule has 21 heavy (non-hydrogen) atoms. The van der Waals surface area contributed by atoms with E-state index in [-0.39, 0.29) is 6.54 Å². The van der Waals surface area contributed by atoms with Gasteiger partial charge in [-0.05, 0) is 37.1 Å². The standard InChI is InChI=1S/C14H15N5O2/c1-9-3-11-12(4-10(9)2)19(6-14(20)21)13(17-11)5-18-8-15-7-16-18/h3-4,7-8H,5-6H2,1-2H3,(H,20,21). The highest BCUT2D eigenvalue weighted by Gasteiger charge is 2.15. The van der Waals surface area contributed by atoms with Gasteiger partial charge in [-0.2, -0.15) is 5.10 Å². The number of aromatic nitrogens is 5. The van der Waals surface area contributed by atoms with E-state index >= 15 is 0 Å². The Bertz CT molecular complexity index is 804. The van der Waals surface area contributed by atoms with Gasteiger partial charge in [0, 0.05) is 0 Å². The molecule has 0 aliphatic carbocycles. The van der Waals surface area contributed by atoms with Gasteiger partial charge in [0.05, 0.1) is 11.0 Å². The van der Waals surface area contributed by atoms with Crippen LogP contribution in [0.2, 0.25) is 0 Å². The molecule has 0 spiro atoms. The monoisotopic (exact) mass is 285 g/mol. The number of aryl methyl sites for hydroxylation is 2. The summed E-state index contributed by atoms with van der Waals surface area (Å²) in [5, 5.41) is 13.2. The molecular formula is C14H15N5O2. The highest BCUT2D eigenvalue weighted by molar-refractivity contribution is 5.80. The van der Waals surface area contributed by atoms with Crippen LogP contribution in [0.3, 0.4) is 0 Å². The van der Waals surface area contributed by atoms with Crippen LogP contribution in [0.4, 0.5) is 0 Å². The molecule has 0 unspecified atom stereocenters. The number of carboxylic acid groups (broad SMARTS) is 1. The van der Waals surface area contributed by atoms with Crippen molar-refractivity contribution in [1.82, 2.24) is 24.3 Å². The maximum atomic E-state index is 11.1. The van der Waals surface area contributed by atoms with E-state index in [1.807, 2.05) is 26.0 Å². The lowest BCUT2D eigenvalue weighted by Crippen LogP contribution is -2.14. The quantitative estimate of drug-likeness (QED) is 0.782. The van der Waals surface area contributed by atoms with Gasteiger partial charge >= 0.3 is 5.97 Å². The van der Waals surface area contributed by atoms with E-state index in [0.717, 1.165) is 22.2 Å². The van der Waals surface area contributed by atoms with Crippen molar-refractivity contribution in [1.29, 1.82) is 0 Å². The van der Waals surface area contributed by atoms with Gasteiger partial charge in [0.2, 0.25) is 0 Å².